The van der Waals surface area contributed by atoms with Gasteiger partial charge in [-0.05, 0) is 18.6 Å². The molecule has 0 fully saturated rings. The number of halogens is 1. The first-order valence-corrected chi connectivity index (χ1v) is 6.22. The zero-order valence-corrected chi connectivity index (χ0v) is 11.4. The number of nitrogens with one attached hydrogen (secondary N) is 1. The molecule has 19 heavy (non-hydrogen) atoms. The summed E-state index contributed by atoms with van der Waals surface area (Å²) in [4.78, 5) is 21.8. The molecular formula is C13H16ClNO4. The van der Waals surface area contributed by atoms with E-state index in [1.165, 1.54) is 7.11 Å². The van der Waals surface area contributed by atoms with Gasteiger partial charge in [-0.15, -0.1) is 0 Å². The molecule has 0 unspecified atom stereocenters. The van der Waals surface area contributed by atoms with Crippen molar-refractivity contribution in [2.75, 3.05) is 7.11 Å². The number of hydrogen-bond acceptors (Lipinski definition) is 3. The van der Waals surface area contributed by atoms with Crippen LogP contribution in [0.5, 0.6) is 5.75 Å². The summed E-state index contributed by atoms with van der Waals surface area (Å²) in [6.07, 6.45) is 0.489. The van der Waals surface area contributed by atoms with Crippen LogP contribution in [-0.2, 0) is 16.1 Å². The monoisotopic (exact) mass is 285 g/mol. The van der Waals surface area contributed by atoms with E-state index in [0.29, 0.717) is 22.8 Å². The topological polar surface area (TPSA) is 75.6 Å². The first-order chi connectivity index (χ1) is 9.04. The maximum atomic E-state index is 11.5. The first kappa shape index (κ1) is 15.3. The second-order valence-electron chi connectivity index (χ2n) is 3.94. The third-order valence-electron chi connectivity index (χ3n) is 2.55. The average molecular weight is 286 g/mol. The molecular weight excluding hydrogens is 270 g/mol. The number of methoxy groups -OCH3 is 1. The summed E-state index contributed by atoms with van der Waals surface area (Å²) < 4.78 is 5.16. The standard InChI is InChI=1S/C13H16ClNO4/c1-19-11-5-2-4-10(14)9(11)8-15-12(16)6-3-7-13(17)18/h2,4-5H,3,6-8H2,1H3,(H,15,16)(H,17,18). The summed E-state index contributed by atoms with van der Waals surface area (Å²) in [5.74, 6) is -0.498. The van der Waals surface area contributed by atoms with Crippen LogP contribution in [0, 0.1) is 0 Å². The Labute approximate surface area is 116 Å². The molecule has 1 aromatic rings. The van der Waals surface area contributed by atoms with Crippen LogP contribution < -0.4 is 10.1 Å². The van der Waals surface area contributed by atoms with Gasteiger partial charge in [0.2, 0.25) is 5.91 Å². The van der Waals surface area contributed by atoms with Crippen LogP contribution in [0.25, 0.3) is 0 Å². The molecule has 2 N–H and O–H groups in total. The highest BCUT2D eigenvalue weighted by molar-refractivity contribution is 6.31. The van der Waals surface area contributed by atoms with Gasteiger partial charge in [-0.2, -0.15) is 0 Å². The van der Waals surface area contributed by atoms with Crippen LogP contribution in [0.4, 0.5) is 0 Å². The summed E-state index contributed by atoms with van der Waals surface area (Å²) in [6.45, 7) is 0.259. The summed E-state index contributed by atoms with van der Waals surface area (Å²) in [5, 5.41) is 11.7. The number of hydrogen-bond donors (Lipinski definition) is 2. The first-order valence-electron chi connectivity index (χ1n) is 5.84. The molecule has 0 atom stereocenters. The Bertz CT molecular complexity index is 462. The van der Waals surface area contributed by atoms with E-state index in [0.717, 1.165) is 0 Å². The number of ether oxygens (including phenoxy) is 1. The molecule has 0 saturated heterocycles. The molecule has 0 heterocycles. The Morgan fingerprint density at radius 3 is 2.74 bits per heavy atom. The van der Waals surface area contributed by atoms with Gasteiger partial charge >= 0.3 is 5.97 Å². The predicted octanol–water partition coefficient (Wildman–Crippen LogP) is 2.22. The average Bonchev–Trinajstić information content (AvgIpc) is 2.36. The maximum absolute atomic E-state index is 11.5. The van der Waals surface area contributed by atoms with Gasteiger partial charge in [-0.3, -0.25) is 9.59 Å². The normalized spacial score (nSPS) is 10.0. The third-order valence-corrected chi connectivity index (χ3v) is 2.91. The number of carbonyl (C=O) groups excluding carboxylic acids is 1. The molecule has 0 spiro atoms. The van der Waals surface area contributed by atoms with Gasteiger partial charge in [0.25, 0.3) is 0 Å². The number of benzene rings is 1. The van der Waals surface area contributed by atoms with Crippen LogP contribution in [0.1, 0.15) is 24.8 Å². The zero-order valence-electron chi connectivity index (χ0n) is 10.6. The fourth-order valence-electron chi connectivity index (χ4n) is 1.58. The smallest absolute Gasteiger partial charge is 0.303 e. The predicted molar refractivity (Wildman–Crippen MR) is 71.3 cm³/mol. The lowest BCUT2D eigenvalue weighted by molar-refractivity contribution is -0.137. The number of aliphatic carboxylic acids is 1. The van der Waals surface area contributed by atoms with Crippen LogP contribution in [0.3, 0.4) is 0 Å². The Morgan fingerprint density at radius 1 is 1.37 bits per heavy atom. The second kappa shape index (κ2) is 7.63. The molecule has 1 amide bonds. The third kappa shape index (κ3) is 5.18. The van der Waals surface area contributed by atoms with Gasteiger partial charge in [-0.1, -0.05) is 17.7 Å². The number of amides is 1. The van der Waals surface area contributed by atoms with E-state index in [-0.39, 0.29) is 25.3 Å². The van der Waals surface area contributed by atoms with Gasteiger partial charge in [0.1, 0.15) is 5.75 Å². The zero-order chi connectivity index (χ0) is 14.3. The lowest BCUT2D eigenvalue weighted by atomic mass is 10.2. The lowest BCUT2D eigenvalue weighted by Crippen LogP contribution is -2.23. The maximum Gasteiger partial charge on any atom is 0.303 e. The Hall–Kier alpha value is -1.75. The highest BCUT2D eigenvalue weighted by Crippen LogP contribution is 2.25. The van der Waals surface area contributed by atoms with Crippen molar-refractivity contribution < 1.29 is 19.4 Å². The Kier molecular flexibility index (Phi) is 6.15. The van der Waals surface area contributed by atoms with Crippen molar-refractivity contribution in [2.45, 2.75) is 25.8 Å². The van der Waals surface area contributed by atoms with Crippen molar-refractivity contribution in [3.8, 4) is 5.75 Å². The van der Waals surface area contributed by atoms with Crippen LogP contribution in [0.2, 0.25) is 5.02 Å². The second-order valence-corrected chi connectivity index (χ2v) is 4.35. The van der Waals surface area contributed by atoms with Gasteiger partial charge in [0.05, 0.1) is 7.11 Å². The van der Waals surface area contributed by atoms with Crippen molar-refractivity contribution >= 4 is 23.5 Å². The van der Waals surface area contributed by atoms with Crippen molar-refractivity contribution in [1.29, 1.82) is 0 Å². The minimum Gasteiger partial charge on any atom is -0.496 e. The Morgan fingerprint density at radius 2 is 2.11 bits per heavy atom. The minimum atomic E-state index is -0.902. The number of rotatable bonds is 7. The molecule has 0 radical (unpaired) electrons. The fraction of sp³-hybridized carbons (Fsp3) is 0.385. The summed E-state index contributed by atoms with van der Waals surface area (Å²) in [7, 11) is 1.53. The van der Waals surface area contributed by atoms with Crippen molar-refractivity contribution in [2.24, 2.45) is 0 Å². The SMILES string of the molecule is COc1cccc(Cl)c1CNC(=O)CCCC(=O)O. The van der Waals surface area contributed by atoms with E-state index in [1.807, 2.05) is 0 Å². The molecule has 0 aromatic heterocycles. The molecule has 0 saturated carbocycles. The van der Waals surface area contributed by atoms with E-state index in [9.17, 15) is 9.59 Å². The van der Waals surface area contributed by atoms with Gasteiger partial charge in [0, 0.05) is 30.0 Å². The van der Waals surface area contributed by atoms with E-state index in [1.54, 1.807) is 18.2 Å². The van der Waals surface area contributed by atoms with Crippen molar-refractivity contribution in [3.63, 3.8) is 0 Å². The molecule has 104 valence electrons. The largest absolute Gasteiger partial charge is 0.496 e. The van der Waals surface area contributed by atoms with E-state index < -0.39 is 5.97 Å². The summed E-state index contributed by atoms with van der Waals surface area (Å²) in [6, 6.07) is 5.24. The van der Waals surface area contributed by atoms with Crippen molar-refractivity contribution in [1.82, 2.24) is 5.32 Å². The van der Waals surface area contributed by atoms with Crippen LogP contribution in [-0.4, -0.2) is 24.1 Å². The molecule has 0 aliphatic heterocycles. The van der Waals surface area contributed by atoms with E-state index in [2.05, 4.69) is 5.32 Å². The Balaban J connectivity index is 2.48. The summed E-state index contributed by atoms with van der Waals surface area (Å²) in [5.41, 5.74) is 0.707. The molecule has 1 aromatic carbocycles. The molecule has 6 heteroatoms. The molecule has 5 nitrogen and oxygen atoms in total. The lowest BCUT2D eigenvalue weighted by Gasteiger charge is -2.11. The van der Waals surface area contributed by atoms with Crippen LogP contribution >= 0.6 is 11.6 Å². The van der Waals surface area contributed by atoms with Gasteiger partial charge in [0.15, 0.2) is 0 Å². The molecule has 0 aliphatic rings. The van der Waals surface area contributed by atoms with E-state index >= 15 is 0 Å². The summed E-state index contributed by atoms with van der Waals surface area (Å²) >= 11 is 6.03. The quantitative estimate of drug-likeness (QED) is 0.805. The molecule has 0 bridgehead atoms. The van der Waals surface area contributed by atoms with Gasteiger partial charge < -0.3 is 15.2 Å². The highest BCUT2D eigenvalue weighted by Gasteiger charge is 2.09. The van der Waals surface area contributed by atoms with Crippen LogP contribution in [0.15, 0.2) is 18.2 Å². The fourth-order valence-corrected chi connectivity index (χ4v) is 1.81. The van der Waals surface area contributed by atoms with Crippen molar-refractivity contribution in [3.05, 3.63) is 28.8 Å². The highest BCUT2D eigenvalue weighted by atomic mass is 35.5. The number of carbonyl (C=O) groups is 2. The van der Waals surface area contributed by atoms with Gasteiger partial charge in [-0.25, -0.2) is 0 Å². The molecule has 0 aliphatic carbocycles. The number of carboxylic acid groups (broad SMARTS) is 1. The van der Waals surface area contributed by atoms with E-state index in [4.69, 9.17) is 21.4 Å². The minimum absolute atomic E-state index is 0.0111. The molecule has 1 rings (SSSR count). The number of carboxylic acids is 1.